The van der Waals surface area contributed by atoms with Crippen molar-refractivity contribution < 1.29 is 48.8 Å². The summed E-state index contributed by atoms with van der Waals surface area (Å²) in [6.07, 6.45) is -10.9. The van der Waals surface area contributed by atoms with Crippen molar-refractivity contribution in [2.75, 3.05) is 19.3 Å². The average Bonchev–Trinajstić information content (AvgIpc) is 3.35. The maximum atomic E-state index is 13.0. The predicted molar refractivity (Wildman–Crippen MR) is 98.3 cm³/mol. The Bertz CT molecular complexity index is 1150. The average molecular weight is 501 g/mol. The minimum absolute atomic E-state index is 0.00456. The number of hydrogen-bond donors (Lipinski definition) is 0. The first-order chi connectivity index (χ1) is 15.1. The molecule has 2 aromatic rings. The second-order valence-electron chi connectivity index (χ2n) is 7.42. The number of alkyl halides is 6. The number of ether oxygens (including phenoxy) is 1. The van der Waals surface area contributed by atoms with Crippen LogP contribution in [0.25, 0.3) is 0 Å². The smallest absolute Gasteiger partial charge is 0.455 e. The molecule has 1 aromatic carbocycles. The summed E-state index contributed by atoms with van der Waals surface area (Å²) in [6, 6.07) is 2.86. The molecule has 1 fully saturated rings. The highest BCUT2D eigenvalue weighted by atomic mass is 32.2. The van der Waals surface area contributed by atoms with Crippen LogP contribution in [-0.2, 0) is 16.0 Å². The molecule has 1 amide bonds. The van der Waals surface area contributed by atoms with Gasteiger partial charge in [0.2, 0.25) is 5.89 Å². The Balaban J connectivity index is 1.88. The van der Waals surface area contributed by atoms with E-state index in [1.165, 1.54) is 0 Å². The number of likely N-dealkylation sites (tertiary alicyclic amines) is 1. The second kappa shape index (κ2) is 8.50. The van der Waals surface area contributed by atoms with Crippen LogP contribution in [0, 0.1) is 0 Å². The molecule has 0 N–H and O–H groups in total. The van der Waals surface area contributed by atoms with Crippen LogP contribution < -0.4 is 4.74 Å². The Morgan fingerprint density at radius 3 is 2.45 bits per heavy atom. The van der Waals surface area contributed by atoms with Gasteiger partial charge in [0.05, 0.1) is 16.4 Å². The van der Waals surface area contributed by atoms with Crippen molar-refractivity contribution in [1.82, 2.24) is 15.0 Å². The molecule has 2 atom stereocenters. The van der Waals surface area contributed by atoms with Gasteiger partial charge in [-0.1, -0.05) is 5.16 Å². The first-order valence-electron chi connectivity index (χ1n) is 9.35. The van der Waals surface area contributed by atoms with Crippen LogP contribution in [0.15, 0.2) is 27.6 Å². The van der Waals surface area contributed by atoms with E-state index in [1.54, 1.807) is 0 Å². The van der Waals surface area contributed by atoms with Gasteiger partial charge in [-0.05, 0) is 31.5 Å². The van der Waals surface area contributed by atoms with Gasteiger partial charge in [-0.3, -0.25) is 4.79 Å². The third kappa shape index (κ3) is 5.57. The van der Waals surface area contributed by atoms with Crippen LogP contribution in [0.4, 0.5) is 26.3 Å². The number of nitrogens with zero attached hydrogens (tertiary/aromatic N) is 3. The topological polar surface area (TPSA) is 103 Å². The normalized spacial score (nSPS) is 18.4. The third-order valence-electron chi connectivity index (χ3n) is 4.89. The summed E-state index contributed by atoms with van der Waals surface area (Å²) >= 11 is 0. The number of rotatable bonds is 5. The molecular weight excluding hydrogens is 484 g/mol. The molecule has 33 heavy (non-hydrogen) atoms. The van der Waals surface area contributed by atoms with Crippen LogP contribution >= 0.6 is 0 Å². The van der Waals surface area contributed by atoms with Crippen LogP contribution in [0.5, 0.6) is 5.75 Å². The molecule has 0 aliphatic carbocycles. The van der Waals surface area contributed by atoms with Gasteiger partial charge in [0, 0.05) is 19.3 Å². The minimum atomic E-state index is -4.82. The number of aromatic nitrogens is 2. The highest BCUT2D eigenvalue weighted by molar-refractivity contribution is 7.90. The second-order valence-corrected chi connectivity index (χ2v) is 9.44. The first-order valence-corrected chi connectivity index (χ1v) is 11.2. The third-order valence-corrected chi connectivity index (χ3v) is 6.00. The highest BCUT2D eigenvalue weighted by Gasteiger charge is 2.41. The number of carbonyl (C=O) groups excluding carboxylic acids is 1. The van der Waals surface area contributed by atoms with Crippen LogP contribution in [0.2, 0.25) is 0 Å². The molecule has 0 spiro atoms. The molecular formula is C18H17F6N3O5S. The van der Waals surface area contributed by atoms with Gasteiger partial charge in [-0.25, -0.2) is 8.42 Å². The van der Waals surface area contributed by atoms with Crippen LogP contribution in [-0.4, -0.2) is 61.0 Å². The summed E-state index contributed by atoms with van der Waals surface area (Å²) in [5, 5.41) is 2.86. The maximum absolute atomic E-state index is 13.0. The standard InChI is InChI=1S/C18H17F6N3O5S/c1-9(17(19,20)21)31-13-4-3-11(33(2,29)30)7-12(13)15(28)27-6-5-10(8-27)14-25-16(26-32-14)18(22,23)24/h3-4,7,9-10H,5-6,8H2,1-2H3/t9-,10?/m0/s1. The van der Waals surface area contributed by atoms with Crippen LogP contribution in [0.1, 0.15) is 41.3 Å². The van der Waals surface area contributed by atoms with Gasteiger partial charge in [-0.15, -0.1) is 0 Å². The SMILES string of the molecule is C[C@H](Oc1ccc(S(C)(=O)=O)cc1C(=O)N1CCC(c2nc(C(F)(F)F)no2)C1)C(F)(F)F. The van der Waals surface area contributed by atoms with Gasteiger partial charge in [0.1, 0.15) is 5.75 Å². The molecule has 3 rings (SSSR count). The first kappa shape index (κ1) is 24.8. The van der Waals surface area contributed by atoms with Gasteiger partial charge < -0.3 is 14.2 Å². The molecule has 0 saturated carbocycles. The van der Waals surface area contributed by atoms with Crippen molar-refractivity contribution in [3.63, 3.8) is 0 Å². The Labute approximate surface area is 183 Å². The summed E-state index contributed by atoms with van der Waals surface area (Å²) in [7, 11) is -3.81. The van der Waals surface area contributed by atoms with Crippen molar-refractivity contribution >= 4 is 15.7 Å². The van der Waals surface area contributed by atoms with E-state index >= 15 is 0 Å². The summed E-state index contributed by atoms with van der Waals surface area (Å²) < 4.78 is 110. The van der Waals surface area contributed by atoms with Gasteiger partial charge in [-0.2, -0.15) is 31.3 Å². The molecule has 0 bridgehead atoms. The van der Waals surface area contributed by atoms with Crippen molar-refractivity contribution in [2.45, 2.75) is 42.6 Å². The largest absolute Gasteiger partial charge is 0.480 e. The highest BCUT2D eigenvalue weighted by Crippen LogP contribution is 2.34. The lowest BCUT2D eigenvalue weighted by molar-refractivity contribution is -0.189. The van der Waals surface area contributed by atoms with Gasteiger partial charge in [0.25, 0.3) is 11.7 Å². The molecule has 1 saturated heterocycles. The van der Waals surface area contributed by atoms with E-state index in [9.17, 15) is 39.6 Å². The molecule has 8 nitrogen and oxygen atoms in total. The Kier molecular flexibility index (Phi) is 6.39. The minimum Gasteiger partial charge on any atom is -0.480 e. The lowest BCUT2D eigenvalue weighted by atomic mass is 10.1. The number of benzene rings is 1. The van der Waals surface area contributed by atoms with Crippen LogP contribution in [0.3, 0.4) is 0 Å². The fourth-order valence-corrected chi connectivity index (χ4v) is 3.75. The van der Waals surface area contributed by atoms with E-state index in [4.69, 9.17) is 4.74 Å². The van der Waals surface area contributed by atoms with Crippen molar-refractivity contribution in [1.29, 1.82) is 0 Å². The van der Waals surface area contributed by atoms with Gasteiger partial charge >= 0.3 is 12.4 Å². The summed E-state index contributed by atoms with van der Waals surface area (Å²) in [6.45, 7) is 0.554. The van der Waals surface area contributed by atoms with Crippen molar-refractivity contribution in [2.24, 2.45) is 0 Å². The van der Waals surface area contributed by atoms with Crippen molar-refractivity contribution in [3.8, 4) is 5.75 Å². The van der Waals surface area contributed by atoms with E-state index in [0.29, 0.717) is 0 Å². The van der Waals surface area contributed by atoms with E-state index in [1.807, 2.05) is 0 Å². The summed E-state index contributed by atoms with van der Waals surface area (Å²) in [5.41, 5.74) is -0.434. The molecule has 1 aliphatic heterocycles. The molecule has 1 aliphatic rings. The Morgan fingerprint density at radius 1 is 1.24 bits per heavy atom. The monoisotopic (exact) mass is 501 g/mol. The predicted octanol–water partition coefficient (Wildman–Crippen LogP) is 3.45. The number of hydrogen-bond acceptors (Lipinski definition) is 7. The molecule has 2 heterocycles. The van der Waals surface area contributed by atoms with E-state index in [2.05, 4.69) is 14.7 Å². The number of sulfone groups is 1. The summed E-state index contributed by atoms with van der Waals surface area (Å²) in [5.74, 6) is -3.90. The lowest BCUT2D eigenvalue weighted by Crippen LogP contribution is -2.33. The molecule has 15 heteroatoms. The lowest BCUT2D eigenvalue weighted by Gasteiger charge is -2.22. The zero-order valence-electron chi connectivity index (χ0n) is 17.1. The number of carbonyl (C=O) groups is 1. The maximum Gasteiger partial charge on any atom is 0.455 e. The zero-order chi connectivity index (χ0) is 24.8. The Hall–Kier alpha value is -2.84. The number of halogens is 6. The Morgan fingerprint density at radius 2 is 1.91 bits per heavy atom. The van der Waals surface area contributed by atoms with E-state index in [0.717, 1.165) is 36.3 Å². The summed E-state index contributed by atoms with van der Waals surface area (Å²) in [4.78, 5) is 17.1. The van der Waals surface area contributed by atoms with E-state index in [-0.39, 0.29) is 30.3 Å². The van der Waals surface area contributed by atoms with Gasteiger partial charge in [0.15, 0.2) is 15.9 Å². The van der Waals surface area contributed by atoms with E-state index < -0.39 is 57.3 Å². The number of amides is 1. The molecule has 1 unspecified atom stereocenters. The zero-order valence-corrected chi connectivity index (χ0v) is 17.9. The van der Waals surface area contributed by atoms with Crippen molar-refractivity contribution in [3.05, 3.63) is 35.5 Å². The molecule has 182 valence electrons. The molecule has 1 aromatic heterocycles. The fourth-order valence-electron chi connectivity index (χ4n) is 3.10. The molecule has 0 radical (unpaired) electrons. The quantitative estimate of drug-likeness (QED) is 0.579. The fraction of sp³-hybridized carbons (Fsp3) is 0.500.